The Kier molecular flexibility index (Phi) is 4.70. The summed E-state index contributed by atoms with van der Waals surface area (Å²) in [6, 6.07) is 23.4. The molecule has 2 heterocycles. The highest BCUT2D eigenvalue weighted by atomic mass is 16.2. The molecular weight excluding hydrogens is 338 g/mol. The Morgan fingerprint density at radius 1 is 0.852 bits per heavy atom. The lowest BCUT2D eigenvalue weighted by molar-refractivity contribution is -0.116. The first-order chi connectivity index (χ1) is 13.3. The molecule has 4 rings (SSSR count). The normalized spacial score (nSPS) is 10.5. The number of hydrogen-bond acceptors (Lipinski definition) is 4. The molecule has 0 bridgehead atoms. The van der Waals surface area contributed by atoms with Gasteiger partial charge in [-0.3, -0.25) is 4.79 Å². The van der Waals surface area contributed by atoms with E-state index in [0.717, 1.165) is 22.4 Å². The fraction of sp³-hybridized carbons (Fsp3) is 0.0476. The first-order valence-corrected chi connectivity index (χ1v) is 8.55. The summed E-state index contributed by atoms with van der Waals surface area (Å²) >= 11 is 0. The highest BCUT2D eigenvalue weighted by Gasteiger charge is 2.08. The van der Waals surface area contributed by atoms with Crippen molar-refractivity contribution in [1.82, 2.24) is 20.0 Å². The molecule has 2 aromatic carbocycles. The second-order valence-corrected chi connectivity index (χ2v) is 6.01. The van der Waals surface area contributed by atoms with Crippen molar-refractivity contribution < 1.29 is 4.79 Å². The van der Waals surface area contributed by atoms with Crippen LogP contribution in [0.3, 0.4) is 0 Å². The molecule has 2 aromatic heterocycles. The van der Waals surface area contributed by atoms with E-state index in [1.54, 1.807) is 18.5 Å². The summed E-state index contributed by atoms with van der Waals surface area (Å²) in [6.07, 6.45) is 3.49. The molecule has 4 aromatic rings. The van der Waals surface area contributed by atoms with Gasteiger partial charge >= 0.3 is 0 Å². The second kappa shape index (κ2) is 7.61. The van der Waals surface area contributed by atoms with E-state index in [9.17, 15) is 4.79 Å². The van der Waals surface area contributed by atoms with Crippen LogP contribution in [-0.4, -0.2) is 25.9 Å². The zero-order valence-corrected chi connectivity index (χ0v) is 14.5. The SMILES string of the molecule is O=C(Cn1cc(-c2ccccc2)nn1)Nc1ccc(-c2ccccc2)cn1. The first-order valence-electron chi connectivity index (χ1n) is 8.55. The number of nitrogens with one attached hydrogen (secondary N) is 1. The predicted molar refractivity (Wildman–Crippen MR) is 104 cm³/mol. The monoisotopic (exact) mass is 355 g/mol. The largest absolute Gasteiger partial charge is 0.309 e. The Morgan fingerprint density at radius 3 is 2.22 bits per heavy atom. The maximum Gasteiger partial charge on any atom is 0.247 e. The van der Waals surface area contributed by atoms with Gasteiger partial charge in [0.1, 0.15) is 18.1 Å². The van der Waals surface area contributed by atoms with E-state index in [2.05, 4.69) is 20.6 Å². The number of benzene rings is 2. The molecule has 0 aliphatic heterocycles. The van der Waals surface area contributed by atoms with E-state index in [-0.39, 0.29) is 12.5 Å². The summed E-state index contributed by atoms with van der Waals surface area (Å²) in [5.74, 6) is 0.294. The average molecular weight is 355 g/mol. The number of hydrogen-bond donors (Lipinski definition) is 1. The third-order valence-electron chi connectivity index (χ3n) is 4.05. The van der Waals surface area contributed by atoms with Crippen LogP contribution in [0.4, 0.5) is 5.82 Å². The number of aromatic nitrogens is 4. The summed E-state index contributed by atoms with van der Waals surface area (Å²) < 4.78 is 1.51. The molecule has 1 amide bonds. The summed E-state index contributed by atoms with van der Waals surface area (Å²) in [7, 11) is 0. The number of rotatable bonds is 5. The Morgan fingerprint density at radius 2 is 1.56 bits per heavy atom. The van der Waals surface area contributed by atoms with Gasteiger partial charge in [0.05, 0.1) is 6.20 Å². The highest BCUT2D eigenvalue weighted by Crippen LogP contribution is 2.19. The van der Waals surface area contributed by atoms with Gasteiger partial charge in [-0.2, -0.15) is 0 Å². The molecule has 132 valence electrons. The zero-order valence-electron chi connectivity index (χ0n) is 14.5. The van der Waals surface area contributed by atoms with Crippen LogP contribution in [0.1, 0.15) is 0 Å². The molecular formula is C21H17N5O. The molecule has 0 spiro atoms. The molecule has 1 N–H and O–H groups in total. The topological polar surface area (TPSA) is 72.7 Å². The van der Waals surface area contributed by atoms with E-state index in [1.165, 1.54) is 4.68 Å². The van der Waals surface area contributed by atoms with Crippen molar-refractivity contribution in [2.45, 2.75) is 6.54 Å². The minimum atomic E-state index is -0.209. The molecule has 0 aliphatic rings. The number of carbonyl (C=O) groups is 1. The standard InChI is InChI=1S/C21H17N5O/c27-21(15-26-14-19(24-25-26)17-9-5-2-6-10-17)23-20-12-11-18(13-22-20)16-7-3-1-4-8-16/h1-14H,15H2,(H,22,23,27). The third-order valence-corrected chi connectivity index (χ3v) is 4.05. The van der Waals surface area contributed by atoms with Crippen LogP contribution in [0.15, 0.2) is 85.2 Å². The smallest absolute Gasteiger partial charge is 0.247 e. The van der Waals surface area contributed by atoms with Crippen molar-refractivity contribution >= 4 is 11.7 Å². The first kappa shape index (κ1) is 16.7. The Hall–Kier alpha value is -3.80. The Labute approximate surface area is 156 Å². The highest BCUT2D eigenvalue weighted by molar-refractivity contribution is 5.89. The lowest BCUT2D eigenvalue weighted by Crippen LogP contribution is -2.19. The van der Waals surface area contributed by atoms with Gasteiger partial charge in [0, 0.05) is 17.3 Å². The van der Waals surface area contributed by atoms with Crippen LogP contribution in [0, 0.1) is 0 Å². The second-order valence-electron chi connectivity index (χ2n) is 6.01. The minimum absolute atomic E-state index is 0.0714. The van der Waals surface area contributed by atoms with E-state index in [1.807, 2.05) is 66.7 Å². The third kappa shape index (κ3) is 4.07. The average Bonchev–Trinajstić information content (AvgIpc) is 3.18. The molecule has 0 fully saturated rings. The van der Waals surface area contributed by atoms with Crippen LogP contribution < -0.4 is 5.32 Å². The fourth-order valence-electron chi connectivity index (χ4n) is 2.72. The van der Waals surface area contributed by atoms with Crippen LogP contribution in [0.2, 0.25) is 0 Å². The van der Waals surface area contributed by atoms with Crippen LogP contribution in [0.5, 0.6) is 0 Å². The van der Waals surface area contributed by atoms with Gasteiger partial charge in [-0.05, 0) is 17.7 Å². The number of anilines is 1. The molecule has 0 aliphatic carbocycles. The fourth-order valence-corrected chi connectivity index (χ4v) is 2.72. The number of pyridine rings is 1. The number of amides is 1. The quantitative estimate of drug-likeness (QED) is 0.593. The van der Waals surface area contributed by atoms with Crippen molar-refractivity contribution in [2.75, 3.05) is 5.32 Å². The number of carbonyl (C=O) groups excluding carboxylic acids is 1. The van der Waals surface area contributed by atoms with Crippen molar-refractivity contribution in [1.29, 1.82) is 0 Å². The zero-order chi connectivity index (χ0) is 18.5. The van der Waals surface area contributed by atoms with Gasteiger partial charge in [-0.15, -0.1) is 5.10 Å². The lowest BCUT2D eigenvalue weighted by Gasteiger charge is -2.06. The summed E-state index contributed by atoms with van der Waals surface area (Å²) in [4.78, 5) is 16.6. The van der Waals surface area contributed by atoms with Gasteiger partial charge in [-0.1, -0.05) is 65.9 Å². The molecule has 0 unspecified atom stereocenters. The predicted octanol–water partition coefficient (Wildman–Crippen LogP) is 3.65. The Balaban J connectivity index is 1.39. The molecule has 27 heavy (non-hydrogen) atoms. The summed E-state index contributed by atoms with van der Waals surface area (Å²) in [6.45, 7) is 0.0714. The summed E-state index contributed by atoms with van der Waals surface area (Å²) in [5.41, 5.74) is 3.77. The van der Waals surface area contributed by atoms with Crippen molar-refractivity contribution in [3.63, 3.8) is 0 Å². The van der Waals surface area contributed by atoms with E-state index < -0.39 is 0 Å². The summed E-state index contributed by atoms with van der Waals surface area (Å²) in [5, 5.41) is 10.9. The van der Waals surface area contributed by atoms with E-state index >= 15 is 0 Å². The van der Waals surface area contributed by atoms with Crippen molar-refractivity contribution in [3.8, 4) is 22.4 Å². The van der Waals surface area contributed by atoms with Crippen molar-refractivity contribution in [3.05, 3.63) is 85.2 Å². The van der Waals surface area contributed by atoms with Gasteiger partial charge in [0.2, 0.25) is 5.91 Å². The van der Waals surface area contributed by atoms with Crippen LogP contribution in [-0.2, 0) is 11.3 Å². The van der Waals surface area contributed by atoms with E-state index in [4.69, 9.17) is 0 Å². The molecule has 0 saturated heterocycles. The molecule has 6 nitrogen and oxygen atoms in total. The van der Waals surface area contributed by atoms with Gasteiger partial charge < -0.3 is 5.32 Å². The maximum atomic E-state index is 12.2. The Bertz CT molecular complexity index is 1030. The van der Waals surface area contributed by atoms with E-state index in [0.29, 0.717) is 5.82 Å². The maximum absolute atomic E-state index is 12.2. The number of nitrogens with zero attached hydrogens (tertiary/aromatic N) is 4. The lowest BCUT2D eigenvalue weighted by atomic mass is 10.1. The van der Waals surface area contributed by atoms with Gasteiger partial charge in [-0.25, -0.2) is 9.67 Å². The van der Waals surface area contributed by atoms with Gasteiger partial charge in [0.15, 0.2) is 0 Å². The van der Waals surface area contributed by atoms with Crippen LogP contribution >= 0.6 is 0 Å². The molecule has 0 saturated carbocycles. The van der Waals surface area contributed by atoms with Gasteiger partial charge in [0.25, 0.3) is 0 Å². The van der Waals surface area contributed by atoms with Crippen LogP contribution in [0.25, 0.3) is 22.4 Å². The minimum Gasteiger partial charge on any atom is -0.309 e. The molecule has 0 atom stereocenters. The molecule has 0 radical (unpaired) electrons. The van der Waals surface area contributed by atoms with Crippen molar-refractivity contribution in [2.24, 2.45) is 0 Å². The molecule has 6 heteroatoms.